The van der Waals surface area contributed by atoms with Crippen molar-refractivity contribution in [3.63, 3.8) is 0 Å². The number of fused-ring (bicyclic) bond motifs is 3. The third kappa shape index (κ3) is 1.65. The molecule has 0 amide bonds. The van der Waals surface area contributed by atoms with E-state index in [2.05, 4.69) is 13.8 Å². The maximum absolute atomic E-state index is 12.1. The second-order valence-corrected chi connectivity index (χ2v) is 5.92. The first-order chi connectivity index (χ1) is 8.68. The van der Waals surface area contributed by atoms with Crippen LogP contribution in [0.1, 0.15) is 25.3 Å². The normalized spacial score (nSPS) is 12.5. The molecule has 0 radical (unpaired) electrons. The van der Waals surface area contributed by atoms with E-state index in [1.165, 1.54) is 0 Å². The molecule has 0 saturated heterocycles. The summed E-state index contributed by atoms with van der Waals surface area (Å²) in [5, 5.41) is 2.87. The highest BCUT2D eigenvalue weighted by Crippen LogP contribution is 2.37. The molecule has 1 unspecified atom stereocenters. The zero-order valence-corrected chi connectivity index (χ0v) is 11.3. The monoisotopic (exact) mass is 257 g/mol. The van der Waals surface area contributed by atoms with E-state index in [1.807, 2.05) is 42.5 Å². The van der Waals surface area contributed by atoms with Crippen molar-refractivity contribution in [2.75, 3.05) is 0 Å². The zero-order chi connectivity index (χ0) is 12.7. The summed E-state index contributed by atoms with van der Waals surface area (Å²) in [7, 11) is -1.79. The van der Waals surface area contributed by atoms with Gasteiger partial charge in [-0.3, -0.25) is 0 Å². The first-order valence-corrected chi connectivity index (χ1v) is 7.24. The van der Waals surface area contributed by atoms with Gasteiger partial charge in [0.05, 0.1) is 0 Å². The molecule has 1 heterocycles. The van der Waals surface area contributed by atoms with Crippen LogP contribution < -0.4 is 0 Å². The summed E-state index contributed by atoms with van der Waals surface area (Å²) in [6, 6.07) is 13.9. The third-order valence-electron chi connectivity index (χ3n) is 3.23. The van der Waals surface area contributed by atoms with E-state index < -0.39 is 7.65 Å². The number of hydrogen-bond donors (Lipinski definition) is 0. The van der Waals surface area contributed by atoms with Crippen molar-refractivity contribution in [3.05, 3.63) is 48.0 Å². The van der Waals surface area contributed by atoms with Crippen LogP contribution in [0.2, 0.25) is 0 Å². The van der Waals surface area contributed by atoms with E-state index in [0.717, 1.165) is 27.0 Å². The number of hydrogen-bond acceptors (Lipinski definition) is 2. The first-order valence-electron chi connectivity index (χ1n) is 6.06. The van der Waals surface area contributed by atoms with Gasteiger partial charge in [-0.15, -0.1) is 0 Å². The fourth-order valence-electron chi connectivity index (χ4n) is 2.32. The van der Waals surface area contributed by atoms with E-state index in [4.69, 9.17) is 4.20 Å². The SMILES string of the molecule is CC(C)c1cccc2c1o[p+](=O)c1ccccc21. The predicted octanol–water partition coefficient (Wildman–Crippen LogP) is 5.45. The van der Waals surface area contributed by atoms with Crippen molar-refractivity contribution >= 4 is 29.1 Å². The molecule has 2 aromatic carbocycles. The Hall–Kier alpha value is -1.66. The molecule has 0 fully saturated rings. The summed E-state index contributed by atoms with van der Waals surface area (Å²) < 4.78 is 17.8. The van der Waals surface area contributed by atoms with Gasteiger partial charge in [-0.2, -0.15) is 0 Å². The van der Waals surface area contributed by atoms with E-state index in [9.17, 15) is 4.57 Å². The van der Waals surface area contributed by atoms with Gasteiger partial charge in [-0.25, -0.2) is 4.20 Å². The largest absolute Gasteiger partial charge is 0.597 e. The molecule has 0 aliphatic rings. The molecule has 0 bridgehead atoms. The second kappa shape index (κ2) is 4.22. The minimum absolute atomic E-state index is 0.355. The lowest BCUT2D eigenvalue weighted by Crippen LogP contribution is -1.88. The van der Waals surface area contributed by atoms with Crippen molar-refractivity contribution in [1.82, 2.24) is 0 Å². The van der Waals surface area contributed by atoms with Crippen LogP contribution in [0.5, 0.6) is 0 Å². The van der Waals surface area contributed by atoms with Crippen molar-refractivity contribution in [3.8, 4) is 0 Å². The van der Waals surface area contributed by atoms with E-state index in [-0.39, 0.29) is 0 Å². The fourth-order valence-corrected chi connectivity index (χ4v) is 3.38. The number of benzene rings is 2. The van der Waals surface area contributed by atoms with E-state index >= 15 is 0 Å². The Labute approximate surface area is 106 Å². The van der Waals surface area contributed by atoms with Gasteiger partial charge in [0.25, 0.3) is 0 Å². The maximum atomic E-state index is 12.1. The van der Waals surface area contributed by atoms with E-state index in [0.29, 0.717) is 5.92 Å². The topological polar surface area (TPSA) is 30.2 Å². The van der Waals surface area contributed by atoms with Crippen molar-refractivity contribution in [1.29, 1.82) is 0 Å². The summed E-state index contributed by atoms with van der Waals surface area (Å²) in [6.45, 7) is 4.24. The smallest absolute Gasteiger partial charge is 0.249 e. The molecule has 90 valence electrons. The lowest BCUT2D eigenvalue weighted by molar-refractivity contribution is 0.562. The Morgan fingerprint density at radius 3 is 2.50 bits per heavy atom. The second-order valence-electron chi connectivity index (χ2n) is 4.74. The van der Waals surface area contributed by atoms with Gasteiger partial charge in [0.2, 0.25) is 5.12 Å². The lowest BCUT2D eigenvalue weighted by Gasteiger charge is -2.06. The van der Waals surface area contributed by atoms with Gasteiger partial charge in [0.15, 0.2) is 5.58 Å². The summed E-state index contributed by atoms with van der Waals surface area (Å²) >= 11 is 0. The molecule has 0 aliphatic carbocycles. The van der Waals surface area contributed by atoms with Crippen LogP contribution in [0, 0.1) is 0 Å². The summed E-state index contributed by atoms with van der Waals surface area (Å²) in [5.74, 6) is 0.355. The molecule has 0 saturated carbocycles. The van der Waals surface area contributed by atoms with E-state index in [1.54, 1.807) is 0 Å². The Morgan fingerprint density at radius 2 is 1.72 bits per heavy atom. The van der Waals surface area contributed by atoms with Crippen LogP contribution in [-0.4, -0.2) is 0 Å². The summed E-state index contributed by atoms with van der Waals surface area (Å²) in [4.78, 5) is 0. The molecule has 3 aromatic rings. The minimum atomic E-state index is -1.79. The van der Waals surface area contributed by atoms with Crippen molar-refractivity contribution in [2.45, 2.75) is 19.8 Å². The van der Waals surface area contributed by atoms with Crippen molar-refractivity contribution in [2.24, 2.45) is 0 Å². The third-order valence-corrected chi connectivity index (χ3v) is 4.36. The molecular formula is C15H14O2P+. The molecule has 2 nitrogen and oxygen atoms in total. The fraction of sp³-hybridized carbons (Fsp3) is 0.200. The van der Waals surface area contributed by atoms with Crippen LogP contribution in [0.4, 0.5) is 0 Å². The van der Waals surface area contributed by atoms with Gasteiger partial charge in [-0.05, 0) is 22.6 Å². The molecule has 3 rings (SSSR count). The number of rotatable bonds is 1. The van der Waals surface area contributed by atoms with Gasteiger partial charge in [0, 0.05) is 16.3 Å². The molecule has 1 atom stereocenters. The van der Waals surface area contributed by atoms with Crippen LogP contribution in [0.25, 0.3) is 21.5 Å². The highest BCUT2D eigenvalue weighted by atomic mass is 31.1. The maximum Gasteiger partial charge on any atom is 0.597 e. The Morgan fingerprint density at radius 1 is 1.00 bits per heavy atom. The van der Waals surface area contributed by atoms with Gasteiger partial charge < -0.3 is 0 Å². The van der Waals surface area contributed by atoms with Crippen LogP contribution in [0.15, 0.2) is 46.7 Å². The molecule has 3 heteroatoms. The molecule has 1 aromatic heterocycles. The summed E-state index contributed by atoms with van der Waals surface area (Å²) in [5.41, 5.74) is 1.90. The molecule has 0 N–H and O–H groups in total. The lowest BCUT2D eigenvalue weighted by atomic mass is 10.00. The Balaban J connectivity index is 2.58. The molecule has 0 aliphatic heterocycles. The van der Waals surface area contributed by atoms with Gasteiger partial charge >= 0.3 is 7.65 Å². The standard InChI is InChI=1S/C15H14O2P/c1-10(2)11-7-5-8-13-12-6-3-4-9-14(12)18(16)17-15(11)13/h3-10H,1-2H3/q+1. The average molecular weight is 257 g/mol. The predicted molar refractivity (Wildman–Crippen MR) is 75.4 cm³/mol. The highest BCUT2D eigenvalue weighted by molar-refractivity contribution is 7.37. The summed E-state index contributed by atoms with van der Waals surface area (Å²) in [6.07, 6.45) is 0. The van der Waals surface area contributed by atoms with Gasteiger partial charge in [0.1, 0.15) is 0 Å². The number of para-hydroxylation sites is 1. The molecule has 18 heavy (non-hydrogen) atoms. The zero-order valence-electron chi connectivity index (χ0n) is 10.4. The Kier molecular flexibility index (Phi) is 2.68. The van der Waals surface area contributed by atoms with Crippen LogP contribution in [-0.2, 0) is 4.57 Å². The van der Waals surface area contributed by atoms with Crippen LogP contribution in [0.3, 0.4) is 0 Å². The van der Waals surface area contributed by atoms with Gasteiger partial charge in [-0.1, -0.05) is 44.2 Å². The quantitative estimate of drug-likeness (QED) is 0.542. The highest BCUT2D eigenvalue weighted by Gasteiger charge is 2.18. The Bertz CT molecular complexity index is 787. The van der Waals surface area contributed by atoms with Crippen LogP contribution >= 0.6 is 7.65 Å². The molecule has 0 spiro atoms. The minimum Gasteiger partial charge on any atom is -0.249 e. The first kappa shape index (κ1) is 11.4. The van der Waals surface area contributed by atoms with Crippen molar-refractivity contribution < 1.29 is 8.76 Å². The average Bonchev–Trinajstić information content (AvgIpc) is 2.38. The molecular weight excluding hydrogens is 243 g/mol.